The average molecular weight is 556 g/mol. The van der Waals surface area contributed by atoms with Crippen LogP contribution in [0.5, 0.6) is 11.5 Å². The van der Waals surface area contributed by atoms with E-state index >= 15 is 0 Å². The van der Waals surface area contributed by atoms with Crippen molar-refractivity contribution in [3.05, 3.63) is 90.2 Å². The van der Waals surface area contributed by atoms with Crippen molar-refractivity contribution in [2.24, 2.45) is 0 Å². The van der Waals surface area contributed by atoms with Crippen molar-refractivity contribution in [2.75, 3.05) is 17.1 Å². The Kier molecular flexibility index (Phi) is 10.1. The fraction of sp³-hybridized carbons (Fsp3) is 0.310. The normalized spacial score (nSPS) is 12.7. The number of ether oxygens (including phenoxy) is 1. The number of carbonyl (C=O) groups excluding carboxylic acids is 2. The monoisotopic (exact) mass is 555 g/mol. The standard InChI is InChI=1S/C29H34FN3O5S/c1-5-21(2)31-29(35)22(3)32(19-23-11-9-10-14-27(23)30)28(34)20-33(39(4,36)37)24-15-17-26(18-16-24)38-25-12-7-6-8-13-25/h6-18,21-22H,5,19-20H2,1-4H3,(H,31,35)/t21-,22+/m0/s1. The zero-order valence-corrected chi connectivity index (χ0v) is 23.3. The summed E-state index contributed by atoms with van der Waals surface area (Å²) in [5.41, 5.74) is 0.455. The summed E-state index contributed by atoms with van der Waals surface area (Å²) in [7, 11) is -3.90. The fourth-order valence-electron chi connectivity index (χ4n) is 3.78. The van der Waals surface area contributed by atoms with Crippen LogP contribution in [0.2, 0.25) is 0 Å². The highest BCUT2D eigenvalue weighted by Crippen LogP contribution is 2.26. The van der Waals surface area contributed by atoms with Crippen molar-refractivity contribution < 1.29 is 27.1 Å². The van der Waals surface area contributed by atoms with Gasteiger partial charge in [0.2, 0.25) is 21.8 Å². The number of nitrogens with one attached hydrogen (secondary N) is 1. The fourth-order valence-corrected chi connectivity index (χ4v) is 4.63. The summed E-state index contributed by atoms with van der Waals surface area (Å²) in [5, 5.41) is 2.83. The highest BCUT2D eigenvalue weighted by molar-refractivity contribution is 7.92. The number of amides is 2. The van der Waals surface area contributed by atoms with Crippen LogP contribution >= 0.6 is 0 Å². The molecule has 0 unspecified atom stereocenters. The van der Waals surface area contributed by atoms with E-state index in [1.54, 1.807) is 30.3 Å². The summed E-state index contributed by atoms with van der Waals surface area (Å²) in [5.74, 6) is -0.489. The molecule has 0 radical (unpaired) electrons. The Morgan fingerprint density at radius 1 is 0.923 bits per heavy atom. The molecule has 10 heteroatoms. The van der Waals surface area contributed by atoms with E-state index in [4.69, 9.17) is 4.74 Å². The van der Waals surface area contributed by atoms with Gasteiger partial charge >= 0.3 is 0 Å². The van der Waals surface area contributed by atoms with Gasteiger partial charge in [-0.05, 0) is 62.7 Å². The van der Waals surface area contributed by atoms with Gasteiger partial charge in [-0.3, -0.25) is 13.9 Å². The highest BCUT2D eigenvalue weighted by Gasteiger charge is 2.31. The molecule has 0 bridgehead atoms. The molecule has 0 saturated carbocycles. The third-order valence-corrected chi connectivity index (χ3v) is 7.39. The maximum Gasteiger partial charge on any atom is 0.244 e. The lowest BCUT2D eigenvalue weighted by atomic mass is 10.1. The van der Waals surface area contributed by atoms with Crippen LogP contribution in [0, 0.1) is 5.82 Å². The summed E-state index contributed by atoms with van der Waals surface area (Å²) >= 11 is 0. The summed E-state index contributed by atoms with van der Waals surface area (Å²) in [4.78, 5) is 27.7. The molecule has 0 aliphatic rings. The summed E-state index contributed by atoms with van der Waals surface area (Å²) < 4.78 is 46.7. The third kappa shape index (κ3) is 8.28. The van der Waals surface area contributed by atoms with Gasteiger partial charge in [-0.1, -0.05) is 43.3 Å². The zero-order valence-electron chi connectivity index (χ0n) is 22.5. The van der Waals surface area contributed by atoms with Gasteiger partial charge in [0.1, 0.15) is 29.9 Å². The van der Waals surface area contributed by atoms with E-state index in [9.17, 15) is 22.4 Å². The summed E-state index contributed by atoms with van der Waals surface area (Å²) in [6.45, 7) is 4.51. The van der Waals surface area contributed by atoms with E-state index in [2.05, 4.69) is 5.32 Å². The van der Waals surface area contributed by atoms with Crippen LogP contribution in [0.25, 0.3) is 0 Å². The van der Waals surface area contributed by atoms with Crippen LogP contribution in [0.3, 0.4) is 0 Å². The van der Waals surface area contributed by atoms with Crippen molar-refractivity contribution in [1.29, 1.82) is 0 Å². The first kappa shape index (κ1) is 29.6. The molecule has 3 aromatic rings. The van der Waals surface area contributed by atoms with Crippen molar-refractivity contribution in [3.63, 3.8) is 0 Å². The topological polar surface area (TPSA) is 96.0 Å². The first-order valence-corrected chi connectivity index (χ1v) is 14.5. The van der Waals surface area contributed by atoms with Gasteiger partial charge in [-0.15, -0.1) is 0 Å². The number of benzene rings is 3. The number of carbonyl (C=O) groups is 2. The predicted molar refractivity (Wildman–Crippen MR) is 149 cm³/mol. The molecule has 3 aromatic carbocycles. The first-order valence-electron chi connectivity index (χ1n) is 12.6. The Balaban J connectivity index is 1.87. The van der Waals surface area contributed by atoms with Crippen LogP contribution in [-0.2, 0) is 26.2 Å². The number of hydrogen-bond acceptors (Lipinski definition) is 5. The van der Waals surface area contributed by atoms with E-state index in [0.717, 1.165) is 10.6 Å². The van der Waals surface area contributed by atoms with E-state index < -0.39 is 40.2 Å². The number of nitrogens with zero attached hydrogens (tertiary/aromatic N) is 2. The molecule has 2 atom stereocenters. The molecule has 0 aromatic heterocycles. The van der Waals surface area contributed by atoms with E-state index in [-0.39, 0.29) is 23.8 Å². The highest BCUT2D eigenvalue weighted by atomic mass is 32.2. The van der Waals surface area contributed by atoms with Gasteiger partial charge in [0.15, 0.2) is 0 Å². The van der Waals surface area contributed by atoms with Crippen LogP contribution in [0.15, 0.2) is 78.9 Å². The van der Waals surface area contributed by atoms with E-state index in [0.29, 0.717) is 17.9 Å². The average Bonchev–Trinajstić information content (AvgIpc) is 2.91. The number of para-hydroxylation sites is 1. The maximum atomic E-state index is 14.5. The molecule has 0 heterocycles. The number of anilines is 1. The minimum atomic E-state index is -3.90. The second kappa shape index (κ2) is 13.2. The molecule has 8 nitrogen and oxygen atoms in total. The first-order chi connectivity index (χ1) is 18.5. The van der Waals surface area contributed by atoms with Crippen molar-refractivity contribution in [3.8, 4) is 11.5 Å². The lowest BCUT2D eigenvalue weighted by Crippen LogP contribution is -2.52. The molecule has 0 fully saturated rings. The van der Waals surface area contributed by atoms with Gasteiger partial charge in [-0.25, -0.2) is 12.8 Å². The molecule has 0 saturated heterocycles. The molecule has 1 N–H and O–H groups in total. The predicted octanol–water partition coefficient (Wildman–Crippen LogP) is 4.72. The van der Waals surface area contributed by atoms with Gasteiger partial charge in [-0.2, -0.15) is 0 Å². The third-order valence-electron chi connectivity index (χ3n) is 6.25. The molecule has 2 amide bonds. The summed E-state index contributed by atoms with van der Waals surface area (Å²) in [6.07, 6.45) is 1.68. The Morgan fingerprint density at radius 3 is 2.10 bits per heavy atom. The Bertz CT molecular complexity index is 1370. The second-order valence-electron chi connectivity index (χ2n) is 9.29. The molecule has 0 aliphatic carbocycles. The van der Waals surface area contributed by atoms with Gasteiger partial charge in [0.25, 0.3) is 0 Å². The molecular weight excluding hydrogens is 521 g/mol. The molecular formula is C29H34FN3O5S. The Hall–Kier alpha value is -3.92. The number of halogens is 1. The summed E-state index contributed by atoms with van der Waals surface area (Å²) in [6, 6.07) is 20.2. The Labute approximate surface area is 229 Å². The van der Waals surface area contributed by atoms with Crippen LogP contribution in [-0.4, -0.2) is 50.0 Å². The van der Waals surface area contributed by atoms with E-state index in [1.165, 1.54) is 42.2 Å². The SMILES string of the molecule is CC[C@H](C)NC(=O)[C@@H](C)N(Cc1ccccc1F)C(=O)CN(c1ccc(Oc2ccccc2)cc1)S(C)(=O)=O. The number of sulfonamides is 1. The number of rotatable bonds is 12. The second-order valence-corrected chi connectivity index (χ2v) is 11.2. The lowest BCUT2D eigenvalue weighted by molar-refractivity contribution is -0.139. The molecule has 0 aliphatic heterocycles. The van der Waals surface area contributed by atoms with Gasteiger partial charge in [0, 0.05) is 18.2 Å². The number of hydrogen-bond donors (Lipinski definition) is 1. The van der Waals surface area contributed by atoms with Crippen LogP contribution in [0.4, 0.5) is 10.1 Å². The van der Waals surface area contributed by atoms with Crippen LogP contribution in [0.1, 0.15) is 32.8 Å². The maximum absolute atomic E-state index is 14.5. The molecule has 39 heavy (non-hydrogen) atoms. The Morgan fingerprint density at radius 2 is 1.51 bits per heavy atom. The van der Waals surface area contributed by atoms with Crippen LogP contribution < -0.4 is 14.4 Å². The van der Waals surface area contributed by atoms with Crippen molar-refractivity contribution in [1.82, 2.24) is 10.2 Å². The molecule has 208 valence electrons. The van der Waals surface area contributed by atoms with Crippen molar-refractivity contribution in [2.45, 2.75) is 45.8 Å². The minimum Gasteiger partial charge on any atom is -0.457 e. The largest absolute Gasteiger partial charge is 0.457 e. The molecule has 3 rings (SSSR count). The van der Waals surface area contributed by atoms with Crippen molar-refractivity contribution >= 4 is 27.5 Å². The zero-order chi connectivity index (χ0) is 28.6. The quantitative estimate of drug-likeness (QED) is 0.349. The van der Waals surface area contributed by atoms with E-state index in [1.807, 2.05) is 32.0 Å². The van der Waals surface area contributed by atoms with Gasteiger partial charge in [0.05, 0.1) is 11.9 Å². The van der Waals surface area contributed by atoms with Gasteiger partial charge < -0.3 is 15.0 Å². The minimum absolute atomic E-state index is 0.130. The lowest BCUT2D eigenvalue weighted by Gasteiger charge is -2.32. The molecule has 0 spiro atoms. The smallest absolute Gasteiger partial charge is 0.244 e.